The summed E-state index contributed by atoms with van der Waals surface area (Å²) in [5, 5.41) is 24.9. The van der Waals surface area contributed by atoms with Crippen molar-refractivity contribution in [3.63, 3.8) is 0 Å². The molecule has 1 aromatic rings. The number of hydrogen-bond donors (Lipinski definition) is 10. The summed E-state index contributed by atoms with van der Waals surface area (Å²) in [4.78, 5) is 144. The van der Waals surface area contributed by atoms with Crippen molar-refractivity contribution in [3.8, 4) is 0 Å². The summed E-state index contributed by atoms with van der Waals surface area (Å²) in [5.74, 6) is -7.53. The summed E-state index contributed by atoms with van der Waals surface area (Å²) in [7, 11) is 0. The molecular weight excluding hydrogens is 835 g/mol. The molecule has 3 fully saturated rings. The number of carbonyl (C=O) groups is 11. The van der Waals surface area contributed by atoms with Crippen LogP contribution in [-0.4, -0.2) is 146 Å². The molecule has 64 heavy (non-hydrogen) atoms. The van der Waals surface area contributed by atoms with E-state index in [1.54, 1.807) is 12.1 Å². The van der Waals surface area contributed by atoms with Gasteiger partial charge in [-0.15, -0.1) is 0 Å². The van der Waals surface area contributed by atoms with Gasteiger partial charge in [-0.1, -0.05) is 56.5 Å². The Morgan fingerprint density at radius 1 is 0.625 bits per heavy atom. The molecule has 5 atom stereocenters. The van der Waals surface area contributed by atoms with Crippen molar-refractivity contribution in [1.82, 2.24) is 58.1 Å². The fourth-order valence-corrected chi connectivity index (χ4v) is 7.95. The molecule has 1 aromatic carbocycles. The fraction of sp³-hybridized carbons (Fsp3) is 0.595. The third-order valence-corrected chi connectivity index (χ3v) is 11.6. The Balaban J connectivity index is 1.47. The van der Waals surface area contributed by atoms with E-state index < -0.39 is 128 Å². The molecule has 1 aliphatic carbocycles. The molecule has 2 heterocycles. The number of nitrogens with one attached hydrogen (secondary N) is 10. The number of benzene rings is 1. The lowest BCUT2D eigenvalue weighted by molar-refractivity contribution is -0.142. The maximum atomic E-state index is 14.0. The zero-order valence-corrected chi connectivity index (χ0v) is 36.6. The highest BCUT2D eigenvalue weighted by molar-refractivity contribution is 5.98. The molecule has 4 unspecified atom stereocenters. The number of rotatable bonds is 4. The molecule has 3 aliphatic rings. The third-order valence-electron chi connectivity index (χ3n) is 11.6. The van der Waals surface area contributed by atoms with E-state index >= 15 is 0 Å². The van der Waals surface area contributed by atoms with Gasteiger partial charge in [-0.2, -0.15) is 0 Å². The first-order chi connectivity index (χ1) is 30.5. The largest absolute Gasteiger partial charge is 0.354 e. The van der Waals surface area contributed by atoms with Crippen LogP contribution in [0.15, 0.2) is 24.3 Å². The minimum absolute atomic E-state index is 0.0137. The van der Waals surface area contributed by atoms with Gasteiger partial charge in [0.15, 0.2) is 0 Å². The highest BCUT2D eigenvalue weighted by Crippen LogP contribution is 2.42. The Morgan fingerprint density at radius 3 is 1.80 bits per heavy atom. The second-order valence-electron chi connectivity index (χ2n) is 16.3. The quantitative estimate of drug-likeness (QED) is 0.139. The van der Waals surface area contributed by atoms with Crippen LogP contribution in [-0.2, 0) is 59.2 Å². The van der Waals surface area contributed by atoms with E-state index in [0.29, 0.717) is 44.1 Å². The minimum atomic E-state index is -1.38. The Kier molecular flexibility index (Phi) is 19.0. The van der Waals surface area contributed by atoms with Crippen LogP contribution in [0.1, 0.15) is 69.9 Å². The van der Waals surface area contributed by atoms with Crippen LogP contribution in [0.5, 0.6) is 0 Å². The molecule has 0 radical (unpaired) electrons. The van der Waals surface area contributed by atoms with Crippen LogP contribution >= 0.6 is 0 Å². The SMILES string of the molecule is CC[C@H](C)C1CCCC12NC(=O)C1CCCN1C(=O)CNC(=O)CNC(=O)C(Cc1ccc(C)cc1)NC(=O)CNC(=O)CNC(=O)CNC(=O)CNC(=O)CCNC(=O)CNC2=O. The van der Waals surface area contributed by atoms with Gasteiger partial charge >= 0.3 is 0 Å². The fourth-order valence-electron chi connectivity index (χ4n) is 7.95. The van der Waals surface area contributed by atoms with Crippen LogP contribution in [0.2, 0.25) is 0 Å². The number of hydrogen-bond acceptors (Lipinski definition) is 11. The van der Waals surface area contributed by atoms with Crippen molar-refractivity contribution >= 4 is 65.0 Å². The van der Waals surface area contributed by atoms with Crippen molar-refractivity contribution in [3.05, 3.63) is 35.4 Å². The molecule has 2 aliphatic heterocycles. The maximum absolute atomic E-state index is 14.0. The predicted molar refractivity (Wildman–Crippen MR) is 228 cm³/mol. The zero-order chi connectivity index (χ0) is 46.8. The van der Waals surface area contributed by atoms with E-state index in [0.717, 1.165) is 5.56 Å². The molecular formula is C42H61N11O11. The smallest absolute Gasteiger partial charge is 0.246 e. The predicted octanol–water partition coefficient (Wildman–Crippen LogP) is -3.95. The minimum Gasteiger partial charge on any atom is -0.354 e. The zero-order valence-electron chi connectivity index (χ0n) is 36.6. The van der Waals surface area contributed by atoms with E-state index in [2.05, 4.69) is 53.2 Å². The molecule has 22 heteroatoms. The second-order valence-corrected chi connectivity index (χ2v) is 16.3. The van der Waals surface area contributed by atoms with Crippen molar-refractivity contribution in [2.45, 2.75) is 89.8 Å². The Labute approximate surface area is 371 Å². The van der Waals surface area contributed by atoms with Crippen LogP contribution in [0.4, 0.5) is 0 Å². The normalized spacial score (nSPS) is 25.7. The summed E-state index contributed by atoms with van der Waals surface area (Å²) in [5.41, 5.74) is 0.266. The number of nitrogens with zero attached hydrogens (tertiary/aromatic N) is 1. The molecule has 22 nitrogen and oxygen atoms in total. The Bertz CT molecular complexity index is 1930. The van der Waals surface area contributed by atoms with Gasteiger partial charge in [-0.25, -0.2) is 0 Å². The lowest BCUT2D eigenvalue weighted by Gasteiger charge is -2.39. The lowest BCUT2D eigenvalue weighted by Crippen LogP contribution is -2.65. The second kappa shape index (κ2) is 24.3. The number of aryl methyl sites for hydroxylation is 1. The van der Waals surface area contributed by atoms with Crippen LogP contribution in [0.3, 0.4) is 0 Å². The number of carbonyl (C=O) groups excluding carboxylic acids is 11. The van der Waals surface area contributed by atoms with E-state index in [1.165, 1.54) is 4.90 Å². The average Bonchev–Trinajstić information content (AvgIpc) is 3.95. The summed E-state index contributed by atoms with van der Waals surface area (Å²) in [6.45, 7) is 2.29. The van der Waals surface area contributed by atoms with Crippen molar-refractivity contribution in [2.75, 3.05) is 58.9 Å². The van der Waals surface area contributed by atoms with E-state index in [9.17, 15) is 52.7 Å². The topological polar surface area (TPSA) is 311 Å². The van der Waals surface area contributed by atoms with E-state index in [4.69, 9.17) is 0 Å². The lowest BCUT2D eigenvalue weighted by atomic mass is 9.76. The Morgan fingerprint density at radius 2 is 1.17 bits per heavy atom. The molecule has 1 saturated carbocycles. The molecule has 350 valence electrons. The summed E-state index contributed by atoms with van der Waals surface area (Å²) < 4.78 is 0. The van der Waals surface area contributed by atoms with Gasteiger partial charge in [0.25, 0.3) is 0 Å². The molecule has 1 spiro atoms. The van der Waals surface area contributed by atoms with Crippen LogP contribution < -0.4 is 53.2 Å². The van der Waals surface area contributed by atoms with Gasteiger partial charge in [0, 0.05) is 25.9 Å². The molecule has 11 amide bonds. The van der Waals surface area contributed by atoms with Crippen molar-refractivity contribution in [1.29, 1.82) is 0 Å². The van der Waals surface area contributed by atoms with Gasteiger partial charge in [0.1, 0.15) is 17.6 Å². The van der Waals surface area contributed by atoms with Gasteiger partial charge in [-0.05, 0) is 50.0 Å². The summed E-state index contributed by atoms with van der Waals surface area (Å²) in [6.07, 6.45) is 2.89. The highest BCUT2D eigenvalue weighted by atomic mass is 16.2. The number of amides is 11. The maximum Gasteiger partial charge on any atom is 0.246 e. The Hall–Kier alpha value is -6.61. The van der Waals surface area contributed by atoms with Gasteiger partial charge in [-0.3, -0.25) is 52.7 Å². The van der Waals surface area contributed by atoms with Crippen LogP contribution in [0, 0.1) is 18.8 Å². The molecule has 0 aromatic heterocycles. The average molecular weight is 896 g/mol. The first-order valence-electron chi connectivity index (χ1n) is 21.6. The highest BCUT2D eigenvalue weighted by Gasteiger charge is 2.52. The molecule has 0 bridgehead atoms. The van der Waals surface area contributed by atoms with Crippen molar-refractivity contribution < 1.29 is 52.7 Å². The molecule has 10 N–H and O–H groups in total. The van der Waals surface area contributed by atoms with Crippen molar-refractivity contribution in [2.24, 2.45) is 11.8 Å². The van der Waals surface area contributed by atoms with Gasteiger partial charge < -0.3 is 58.1 Å². The third kappa shape index (κ3) is 15.0. The first-order valence-corrected chi connectivity index (χ1v) is 21.6. The van der Waals surface area contributed by atoms with Crippen LogP contribution in [0.25, 0.3) is 0 Å². The molecule has 4 rings (SSSR count). The number of fused-ring (bicyclic) bond motifs is 1. The summed E-state index contributed by atoms with van der Waals surface area (Å²) in [6, 6.07) is 5.04. The van der Waals surface area contributed by atoms with E-state index in [-0.39, 0.29) is 37.8 Å². The first kappa shape index (κ1) is 50.0. The summed E-state index contributed by atoms with van der Waals surface area (Å²) >= 11 is 0. The molecule has 2 saturated heterocycles. The standard InChI is InChI=1S/C42H61N11O11/c1-4-26(3)28-7-5-14-42(28)41(64)50-22-32(55)43-15-13-31(54)44-18-33(56)45-19-34(57)46-20-35(58)47-23-37(60)51-29(17-27-11-9-25(2)10-12-27)39(62)49-21-36(59)48-24-38(61)53-16-6-8-30(53)40(63)52-42/h9-12,26,28-30H,4-8,13-24H2,1-3H3,(H,43,55)(H,44,54)(H,45,56)(H,46,57)(H,47,58)(H,48,59)(H,49,62)(H,50,64)(H,51,60)(H,52,63)/t26-,28?,29?,30?,42?/m0/s1. The monoisotopic (exact) mass is 895 g/mol. The van der Waals surface area contributed by atoms with Gasteiger partial charge in [0.05, 0.1) is 45.8 Å². The van der Waals surface area contributed by atoms with Gasteiger partial charge in [0.2, 0.25) is 65.0 Å². The van der Waals surface area contributed by atoms with E-state index in [1.807, 2.05) is 32.9 Å².